The number of carbonyl (C=O) groups excluding carboxylic acids is 1. The van der Waals surface area contributed by atoms with Crippen molar-refractivity contribution < 1.29 is 4.79 Å². The molecule has 0 radical (unpaired) electrons. The molecule has 0 unspecified atom stereocenters. The molecule has 0 aliphatic heterocycles. The van der Waals surface area contributed by atoms with E-state index in [-0.39, 0.29) is 0 Å². The summed E-state index contributed by atoms with van der Waals surface area (Å²) in [6.07, 6.45) is 5.85. The van der Waals surface area contributed by atoms with E-state index < -0.39 is 5.91 Å². The fourth-order valence-corrected chi connectivity index (χ4v) is 2.42. The summed E-state index contributed by atoms with van der Waals surface area (Å²) in [5, 5.41) is 0. The van der Waals surface area contributed by atoms with Gasteiger partial charge in [-0.05, 0) is 37.8 Å². The first-order chi connectivity index (χ1) is 8.58. The van der Waals surface area contributed by atoms with E-state index in [1.807, 2.05) is 13.1 Å². The van der Waals surface area contributed by atoms with Gasteiger partial charge in [-0.3, -0.25) is 4.79 Å². The number of hydrogen-bond donors (Lipinski definition) is 2. The highest BCUT2D eigenvalue weighted by Gasteiger charge is 2.22. The molecular weight excluding hydrogens is 228 g/mol. The SMILES string of the molecule is CN(c1ccc(C(N)=O)cn1)C1CCC(N)CC1. The highest BCUT2D eigenvalue weighted by molar-refractivity contribution is 5.92. The number of amides is 1. The average molecular weight is 248 g/mol. The van der Waals surface area contributed by atoms with Crippen molar-refractivity contribution in [2.75, 3.05) is 11.9 Å². The predicted octanol–water partition coefficient (Wildman–Crippen LogP) is 0.887. The van der Waals surface area contributed by atoms with Gasteiger partial charge in [0.2, 0.25) is 5.91 Å². The zero-order valence-electron chi connectivity index (χ0n) is 10.7. The summed E-state index contributed by atoms with van der Waals surface area (Å²) in [7, 11) is 2.04. The van der Waals surface area contributed by atoms with Crippen molar-refractivity contribution >= 4 is 11.7 Å². The molecule has 1 aromatic heterocycles. The Bertz CT molecular complexity index is 410. The Balaban J connectivity index is 2.04. The molecule has 0 aromatic carbocycles. The van der Waals surface area contributed by atoms with Gasteiger partial charge in [0.15, 0.2) is 0 Å². The molecule has 0 spiro atoms. The van der Waals surface area contributed by atoms with E-state index in [1.54, 1.807) is 6.07 Å². The minimum atomic E-state index is -0.444. The van der Waals surface area contributed by atoms with E-state index in [9.17, 15) is 4.79 Å². The summed E-state index contributed by atoms with van der Waals surface area (Å²) >= 11 is 0. The first kappa shape index (κ1) is 12.8. The van der Waals surface area contributed by atoms with Crippen molar-refractivity contribution in [3.8, 4) is 0 Å². The van der Waals surface area contributed by atoms with Crippen LogP contribution < -0.4 is 16.4 Å². The number of nitrogens with zero attached hydrogens (tertiary/aromatic N) is 2. The maximum atomic E-state index is 11.0. The minimum Gasteiger partial charge on any atom is -0.366 e. The summed E-state index contributed by atoms with van der Waals surface area (Å²) in [5.74, 6) is 0.431. The van der Waals surface area contributed by atoms with Crippen molar-refractivity contribution in [3.05, 3.63) is 23.9 Å². The highest BCUT2D eigenvalue weighted by Crippen LogP contribution is 2.24. The van der Waals surface area contributed by atoms with Crippen LogP contribution in [-0.4, -0.2) is 30.0 Å². The lowest BCUT2D eigenvalue weighted by Gasteiger charge is -2.34. The zero-order chi connectivity index (χ0) is 13.1. The molecule has 98 valence electrons. The van der Waals surface area contributed by atoms with Crippen LogP contribution in [-0.2, 0) is 0 Å². The van der Waals surface area contributed by atoms with Crippen molar-refractivity contribution in [2.24, 2.45) is 11.5 Å². The molecule has 1 aliphatic rings. The van der Waals surface area contributed by atoms with Crippen molar-refractivity contribution in [3.63, 3.8) is 0 Å². The Labute approximate surface area is 107 Å². The molecule has 0 atom stereocenters. The van der Waals surface area contributed by atoms with E-state index in [1.165, 1.54) is 6.20 Å². The third kappa shape index (κ3) is 2.79. The van der Waals surface area contributed by atoms with Gasteiger partial charge in [-0.25, -0.2) is 4.98 Å². The van der Waals surface area contributed by atoms with Gasteiger partial charge in [-0.2, -0.15) is 0 Å². The Morgan fingerprint density at radius 3 is 2.50 bits per heavy atom. The van der Waals surface area contributed by atoms with Crippen LogP contribution in [0, 0.1) is 0 Å². The van der Waals surface area contributed by atoms with Gasteiger partial charge in [0.1, 0.15) is 5.82 Å². The Kier molecular flexibility index (Phi) is 3.81. The summed E-state index contributed by atoms with van der Waals surface area (Å²) in [6, 6.07) is 4.39. The average Bonchev–Trinajstić information content (AvgIpc) is 2.39. The molecule has 1 amide bonds. The molecule has 1 heterocycles. The number of nitrogens with two attached hydrogens (primary N) is 2. The smallest absolute Gasteiger partial charge is 0.250 e. The molecule has 1 aliphatic carbocycles. The van der Waals surface area contributed by atoms with Crippen LogP contribution in [0.2, 0.25) is 0 Å². The number of rotatable bonds is 3. The molecule has 0 saturated heterocycles. The van der Waals surface area contributed by atoms with Gasteiger partial charge >= 0.3 is 0 Å². The number of carbonyl (C=O) groups is 1. The van der Waals surface area contributed by atoms with E-state index in [2.05, 4.69) is 9.88 Å². The summed E-state index contributed by atoms with van der Waals surface area (Å²) in [6.45, 7) is 0. The molecule has 5 heteroatoms. The maximum absolute atomic E-state index is 11.0. The van der Waals surface area contributed by atoms with E-state index in [0.29, 0.717) is 17.6 Å². The summed E-state index contributed by atoms with van der Waals surface area (Å²) < 4.78 is 0. The maximum Gasteiger partial charge on any atom is 0.250 e. The fraction of sp³-hybridized carbons (Fsp3) is 0.538. The first-order valence-corrected chi connectivity index (χ1v) is 6.32. The lowest BCUT2D eigenvalue weighted by molar-refractivity contribution is 0.1000. The van der Waals surface area contributed by atoms with Crippen LogP contribution in [0.5, 0.6) is 0 Å². The second-order valence-electron chi connectivity index (χ2n) is 4.95. The summed E-state index contributed by atoms with van der Waals surface area (Å²) in [5.41, 5.74) is 11.5. The molecule has 1 saturated carbocycles. The topological polar surface area (TPSA) is 85.2 Å². The van der Waals surface area contributed by atoms with E-state index in [0.717, 1.165) is 31.5 Å². The number of hydrogen-bond acceptors (Lipinski definition) is 4. The van der Waals surface area contributed by atoms with Crippen molar-refractivity contribution in [1.82, 2.24) is 4.98 Å². The molecule has 1 aromatic rings. The van der Waals surface area contributed by atoms with E-state index >= 15 is 0 Å². The molecule has 0 bridgehead atoms. The number of aromatic nitrogens is 1. The summed E-state index contributed by atoms with van der Waals surface area (Å²) in [4.78, 5) is 17.4. The lowest BCUT2D eigenvalue weighted by Crippen LogP contribution is -2.39. The second-order valence-corrected chi connectivity index (χ2v) is 4.95. The standard InChI is InChI=1S/C13H20N4O/c1-17(11-5-3-10(14)4-6-11)12-7-2-9(8-16-12)13(15)18/h2,7-8,10-11H,3-6,14H2,1H3,(H2,15,18). The second kappa shape index (κ2) is 5.35. The molecule has 5 nitrogen and oxygen atoms in total. The Hall–Kier alpha value is -1.62. The number of pyridine rings is 1. The zero-order valence-corrected chi connectivity index (χ0v) is 10.7. The molecular formula is C13H20N4O. The number of primary amides is 1. The van der Waals surface area contributed by atoms with E-state index in [4.69, 9.17) is 11.5 Å². The number of anilines is 1. The van der Waals surface area contributed by atoms with Gasteiger partial charge < -0.3 is 16.4 Å². The largest absolute Gasteiger partial charge is 0.366 e. The van der Waals surface area contributed by atoms with Gasteiger partial charge in [-0.1, -0.05) is 0 Å². The predicted molar refractivity (Wildman–Crippen MR) is 71.4 cm³/mol. The monoisotopic (exact) mass is 248 g/mol. The third-order valence-corrected chi connectivity index (χ3v) is 3.68. The molecule has 2 rings (SSSR count). The highest BCUT2D eigenvalue weighted by atomic mass is 16.1. The van der Waals surface area contributed by atoms with Crippen LogP contribution in [0.25, 0.3) is 0 Å². The van der Waals surface area contributed by atoms with Crippen LogP contribution in [0.3, 0.4) is 0 Å². The lowest BCUT2D eigenvalue weighted by atomic mass is 9.91. The van der Waals surface area contributed by atoms with Crippen molar-refractivity contribution in [1.29, 1.82) is 0 Å². The van der Waals surface area contributed by atoms with Gasteiger partial charge in [0.05, 0.1) is 5.56 Å². The molecule has 4 N–H and O–H groups in total. The first-order valence-electron chi connectivity index (χ1n) is 6.32. The van der Waals surface area contributed by atoms with Crippen LogP contribution in [0.15, 0.2) is 18.3 Å². The van der Waals surface area contributed by atoms with Crippen LogP contribution in [0.1, 0.15) is 36.0 Å². The Morgan fingerprint density at radius 2 is 2.00 bits per heavy atom. The molecule has 18 heavy (non-hydrogen) atoms. The van der Waals surface area contributed by atoms with Crippen molar-refractivity contribution in [2.45, 2.75) is 37.8 Å². The van der Waals surface area contributed by atoms with Gasteiger partial charge in [-0.15, -0.1) is 0 Å². The van der Waals surface area contributed by atoms with Gasteiger partial charge in [0, 0.05) is 25.3 Å². The Morgan fingerprint density at radius 1 is 1.33 bits per heavy atom. The van der Waals surface area contributed by atoms with Crippen LogP contribution >= 0.6 is 0 Å². The van der Waals surface area contributed by atoms with Gasteiger partial charge in [0.25, 0.3) is 0 Å². The molecule has 1 fully saturated rings. The normalized spacial score (nSPS) is 23.7. The third-order valence-electron chi connectivity index (χ3n) is 3.68. The minimum absolute atomic E-state index is 0.347. The van der Waals surface area contributed by atoms with Crippen LogP contribution in [0.4, 0.5) is 5.82 Å². The fourth-order valence-electron chi connectivity index (χ4n) is 2.42. The quantitative estimate of drug-likeness (QED) is 0.831.